The van der Waals surface area contributed by atoms with Crippen LogP contribution in [0, 0.1) is 10.1 Å². The minimum atomic E-state index is -0.476. The Morgan fingerprint density at radius 3 is 2.80 bits per heavy atom. The second-order valence-electron chi connectivity index (χ2n) is 6.56. The van der Waals surface area contributed by atoms with Gasteiger partial charge in [0.15, 0.2) is 0 Å². The van der Waals surface area contributed by atoms with Gasteiger partial charge in [-0.1, -0.05) is 37.3 Å². The van der Waals surface area contributed by atoms with Crippen molar-refractivity contribution < 1.29 is 4.92 Å². The fraction of sp³-hybridized carbons (Fsp3) is 0.222. The number of nitrogens with one attached hydrogen (secondary N) is 2. The number of fused-ring (bicyclic) bond motifs is 1. The lowest BCUT2D eigenvalue weighted by atomic mass is 9.97. The second-order valence-corrected chi connectivity index (χ2v) is 6.56. The van der Waals surface area contributed by atoms with Gasteiger partial charge in [-0.25, -0.2) is 4.98 Å². The SMILES string of the molecule is C[C@@]1(c2ccccc2)C[C@H]1Nc1cc2nc[nH]c(=O)c2cc1[N+](=O)[O-]. The van der Waals surface area contributed by atoms with Gasteiger partial charge in [-0.05, 0) is 18.1 Å². The molecule has 3 aromatic rings. The van der Waals surface area contributed by atoms with Crippen LogP contribution in [0.3, 0.4) is 0 Å². The molecule has 0 bridgehead atoms. The van der Waals surface area contributed by atoms with E-state index in [1.165, 1.54) is 18.0 Å². The highest BCUT2D eigenvalue weighted by Gasteiger charge is 2.51. The van der Waals surface area contributed by atoms with Crippen LogP contribution in [0.1, 0.15) is 18.9 Å². The zero-order valence-corrected chi connectivity index (χ0v) is 13.5. The van der Waals surface area contributed by atoms with Gasteiger partial charge in [0, 0.05) is 17.5 Å². The zero-order valence-electron chi connectivity index (χ0n) is 13.5. The Morgan fingerprint density at radius 2 is 2.08 bits per heavy atom. The molecule has 0 unspecified atom stereocenters. The summed E-state index contributed by atoms with van der Waals surface area (Å²) in [5.74, 6) is 0. The topological polar surface area (TPSA) is 101 Å². The third kappa shape index (κ3) is 2.53. The summed E-state index contributed by atoms with van der Waals surface area (Å²) in [6.07, 6.45) is 2.18. The van der Waals surface area contributed by atoms with Crippen molar-refractivity contribution >= 4 is 22.3 Å². The van der Waals surface area contributed by atoms with Gasteiger partial charge in [0.05, 0.1) is 22.2 Å². The summed E-state index contributed by atoms with van der Waals surface area (Å²) in [6.45, 7) is 2.13. The molecule has 1 aliphatic rings. The molecular weight excluding hydrogens is 320 g/mol. The molecule has 0 spiro atoms. The number of anilines is 1. The molecule has 2 atom stereocenters. The molecular formula is C18H16N4O3. The molecule has 0 radical (unpaired) electrons. The van der Waals surface area contributed by atoms with Gasteiger partial charge in [0.25, 0.3) is 11.2 Å². The van der Waals surface area contributed by atoms with Crippen LogP contribution in [0.15, 0.2) is 53.6 Å². The van der Waals surface area contributed by atoms with Crippen LogP contribution >= 0.6 is 0 Å². The Hall–Kier alpha value is -3.22. The second kappa shape index (κ2) is 5.41. The van der Waals surface area contributed by atoms with Crippen molar-refractivity contribution in [1.82, 2.24) is 9.97 Å². The molecule has 7 nitrogen and oxygen atoms in total. The third-order valence-electron chi connectivity index (χ3n) is 4.95. The highest BCUT2D eigenvalue weighted by atomic mass is 16.6. The number of hydrogen-bond donors (Lipinski definition) is 2. The molecule has 1 fully saturated rings. The number of nitro groups is 1. The maximum absolute atomic E-state index is 11.8. The minimum absolute atomic E-state index is 0.0638. The summed E-state index contributed by atoms with van der Waals surface area (Å²) >= 11 is 0. The summed E-state index contributed by atoms with van der Waals surface area (Å²) in [4.78, 5) is 29.4. The molecule has 2 aromatic carbocycles. The van der Waals surface area contributed by atoms with Gasteiger partial charge in [0.1, 0.15) is 5.69 Å². The van der Waals surface area contributed by atoms with Crippen LogP contribution in [0.25, 0.3) is 10.9 Å². The third-order valence-corrected chi connectivity index (χ3v) is 4.95. The van der Waals surface area contributed by atoms with Crippen LogP contribution in [0.4, 0.5) is 11.4 Å². The number of nitro benzene ring substituents is 1. The molecule has 1 heterocycles. The number of rotatable bonds is 4. The lowest BCUT2D eigenvalue weighted by Gasteiger charge is -2.14. The van der Waals surface area contributed by atoms with Crippen LogP contribution in [-0.2, 0) is 5.41 Å². The molecule has 0 saturated heterocycles. The molecule has 2 N–H and O–H groups in total. The van der Waals surface area contributed by atoms with Crippen LogP contribution in [-0.4, -0.2) is 20.9 Å². The fourth-order valence-corrected chi connectivity index (χ4v) is 3.27. The maximum Gasteiger partial charge on any atom is 0.293 e. The van der Waals surface area contributed by atoms with E-state index in [1.54, 1.807) is 6.07 Å². The van der Waals surface area contributed by atoms with Gasteiger partial charge in [0.2, 0.25) is 0 Å². The summed E-state index contributed by atoms with van der Waals surface area (Å²) in [5.41, 5.74) is 1.45. The van der Waals surface area contributed by atoms with E-state index in [2.05, 4.69) is 34.3 Å². The Balaban J connectivity index is 1.72. The summed E-state index contributed by atoms with van der Waals surface area (Å²) in [6, 6.07) is 13.0. The van der Waals surface area contributed by atoms with Crippen LogP contribution in [0.2, 0.25) is 0 Å². The van der Waals surface area contributed by atoms with Gasteiger partial charge in [-0.3, -0.25) is 14.9 Å². The van der Waals surface area contributed by atoms with Gasteiger partial charge < -0.3 is 10.3 Å². The van der Waals surface area contributed by atoms with Gasteiger partial charge in [-0.2, -0.15) is 0 Å². The Bertz CT molecular complexity index is 1030. The van der Waals surface area contributed by atoms with Crippen LogP contribution < -0.4 is 10.9 Å². The summed E-state index contributed by atoms with van der Waals surface area (Å²) in [5, 5.41) is 14.9. The van der Waals surface area contributed by atoms with Crippen molar-refractivity contribution in [2.75, 3.05) is 5.32 Å². The Labute approximate surface area is 142 Å². The molecule has 25 heavy (non-hydrogen) atoms. The first-order valence-electron chi connectivity index (χ1n) is 7.97. The van der Waals surface area contributed by atoms with E-state index in [0.29, 0.717) is 11.2 Å². The van der Waals surface area contributed by atoms with Crippen molar-refractivity contribution in [3.8, 4) is 0 Å². The average Bonchev–Trinajstić information content (AvgIpc) is 3.26. The van der Waals surface area contributed by atoms with Gasteiger partial charge in [-0.15, -0.1) is 0 Å². The molecule has 4 rings (SSSR count). The van der Waals surface area contributed by atoms with E-state index in [-0.39, 0.29) is 28.1 Å². The predicted octanol–water partition coefficient (Wildman–Crippen LogP) is 2.97. The Morgan fingerprint density at radius 1 is 1.32 bits per heavy atom. The number of aromatic amines is 1. The normalized spacial score (nSPS) is 21.9. The molecule has 1 aliphatic carbocycles. The molecule has 7 heteroatoms. The van der Waals surface area contributed by atoms with E-state index < -0.39 is 4.92 Å². The first-order chi connectivity index (χ1) is 12.0. The smallest absolute Gasteiger partial charge is 0.293 e. The number of hydrogen-bond acceptors (Lipinski definition) is 5. The molecule has 0 amide bonds. The number of H-pyrrole nitrogens is 1. The average molecular weight is 336 g/mol. The molecule has 0 aliphatic heterocycles. The maximum atomic E-state index is 11.8. The fourth-order valence-electron chi connectivity index (χ4n) is 3.27. The Kier molecular flexibility index (Phi) is 3.31. The van der Waals surface area contributed by atoms with Crippen molar-refractivity contribution in [3.63, 3.8) is 0 Å². The highest BCUT2D eigenvalue weighted by molar-refractivity contribution is 5.86. The number of nitrogens with zero attached hydrogens (tertiary/aromatic N) is 2. The quantitative estimate of drug-likeness (QED) is 0.563. The number of aromatic nitrogens is 2. The molecule has 1 saturated carbocycles. The van der Waals surface area contributed by atoms with E-state index in [4.69, 9.17) is 0 Å². The largest absolute Gasteiger partial charge is 0.376 e. The van der Waals surface area contributed by atoms with Crippen molar-refractivity contribution in [1.29, 1.82) is 0 Å². The lowest BCUT2D eigenvalue weighted by molar-refractivity contribution is -0.383. The van der Waals surface area contributed by atoms with E-state index >= 15 is 0 Å². The molecule has 126 valence electrons. The number of benzene rings is 2. The van der Waals surface area contributed by atoms with E-state index in [0.717, 1.165) is 6.42 Å². The zero-order chi connectivity index (χ0) is 17.6. The van der Waals surface area contributed by atoms with Crippen molar-refractivity contribution in [2.24, 2.45) is 0 Å². The van der Waals surface area contributed by atoms with Crippen LogP contribution in [0.5, 0.6) is 0 Å². The minimum Gasteiger partial charge on any atom is -0.376 e. The lowest BCUT2D eigenvalue weighted by Crippen LogP contribution is -2.16. The first kappa shape index (κ1) is 15.3. The van der Waals surface area contributed by atoms with E-state index in [1.807, 2.05) is 18.2 Å². The van der Waals surface area contributed by atoms with Crippen molar-refractivity contribution in [2.45, 2.75) is 24.8 Å². The molecule has 1 aromatic heterocycles. The monoisotopic (exact) mass is 336 g/mol. The first-order valence-corrected chi connectivity index (χ1v) is 7.97. The van der Waals surface area contributed by atoms with Gasteiger partial charge >= 0.3 is 0 Å². The standard InChI is InChI=1S/C18H16N4O3/c1-18(11-5-3-2-4-6-11)9-16(18)21-14-8-13-12(7-15(14)22(24)25)17(23)20-10-19-13/h2-8,10,16,21H,9H2,1H3,(H,19,20,23)/t16-,18+/m1/s1. The van der Waals surface area contributed by atoms with E-state index in [9.17, 15) is 14.9 Å². The van der Waals surface area contributed by atoms with Crippen molar-refractivity contribution in [3.05, 3.63) is 74.8 Å². The summed E-state index contributed by atoms with van der Waals surface area (Å²) < 4.78 is 0. The predicted molar refractivity (Wildman–Crippen MR) is 94.8 cm³/mol. The highest BCUT2D eigenvalue weighted by Crippen LogP contribution is 2.50. The summed E-state index contributed by atoms with van der Waals surface area (Å²) in [7, 11) is 0.